The minimum Gasteiger partial charge on any atom is -0.379 e. The smallest absolute Gasteiger partial charge is 0.152 e. The summed E-state index contributed by atoms with van der Waals surface area (Å²) in [7, 11) is 0. The van der Waals surface area contributed by atoms with Crippen LogP contribution in [0.15, 0.2) is 5.34 Å². The Kier molecular flexibility index (Phi) is 19.0. The topological polar surface area (TPSA) is 75.7 Å². The Balaban J connectivity index is 0. The van der Waals surface area contributed by atoms with Gasteiger partial charge in [-0.1, -0.05) is 26.2 Å². The lowest BCUT2D eigenvalue weighted by atomic mass is 10.2. The third-order valence-electron chi connectivity index (χ3n) is 1.06. The first kappa shape index (κ1) is 12.1. The first-order valence-electron chi connectivity index (χ1n) is 3.50. The molecule has 0 aromatic carbocycles. The molecule has 0 amide bonds. The van der Waals surface area contributed by atoms with Crippen molar-refractivity contribution in [3.63, 3.8) is 0 Å². The molecule has 62 valence electrons. The van der Waals surface area contributed by atoms with Gasteiger partial charge >= 0.3 is 0 Å². The predicted octanol–water partition coefficient (Wildman–Crippen LogP) is 1.67. The van der Waals surface area contributed by atoms with Crippen LogP contribution in [0.4, 0.5) is 0 Å². The van der Waals surface area contributed by atoms with Gasteiger partial charge in [0.1, 0.15) is 0 Å². The number of hydrogen-bond donors (Lipinski definition) is 2. The molecule has 4 nitrogen and oxygen atoms in total. The minimum atomic E-state index is 0.861. The fraction of sp³-hybridized carbons (Fsp3) is 1.00. The Morgan fingerprint density at radius 2 is 1.90 bits per heavy atom. The van der Waals surface area contributed by atoms with Crippen molar-refractivity contribution in [2.75, 3.05) is 6.54 Å². The monoisotopic (exact) mass is 148 g/mol. The molecule has 0 saturated carbocycles. The molecule has 0 aliphatic heterocycles. The van der Waals surface area contributed by atoms with Crippen LogP contribution in [-0.2, 0) is 0 Å². The molecule has 0 spiro atoms. The van der Waals surface area contributed by atoms with E-state index >= 15 is 0 Å². The summed E-state index contributed by atoms with van der Waals surface area (Å²) in [6.07, 6.45) is 5.16. The fourth-order valence-corrected chi connectivity index (χ4v) is 0.571. The summed E-state index contributed by atoms with van der Waals surface area (Å²) < 4.78 is 0. The highest BCUT2D eigenvalue weighted by Crippen LogP contribution is 1.95. The maximum atomic E-state index is 8.11. The molecule has 0 rings (SSSR count). The molecule has 0 saturated heterocycles. The molecule has 0 atom stereocenters. The van der Waals surface area contributed by atoms with Gasteiger partial charge in [0.2, 0.25) is 0 Å². The molecular weight excluding hydrogens is 132 g/mol. The lowest BCUT2D eigenvalue weighted by molar-refractivity contribution is 0.312. The van der Waals surface area contributed by atoms with E-state index < -0.39 is 0 Å². The highest BCUT2D eigenvalue weighted by Gasteiger charge is 1.80. The Morgan fingerprint density at radius 3 is 2.20 bits per heavy atom. The maximum Gasteiger partial charge on any atom is 0.152 e. The average molecular weight is 148 g/mol. The fourth-order valence-electron chi connectivity index (χ4n) is 0.571. The number of hydrogen-bond acceptors (Lipinski definition) is 3. The van der Waals surface area contributed by atoms with E-state index in [9.17, 15) is 0 Å². The average Bonchev–Trinajstić information content (AvgIpc) is 1.91. The molecule has 0 aromatic rings. The number of nitrogens with zero attached hydrogens (tertiary/aromatic N) is 1. The number of rotatable bonds is 4. The quantitative estimate of drug-likeness (QED) is 0.361. The zero-order chi connectivity index (χ0) is 8.24. The van der Waals surface area contributed by atoms with Gasteiger partial charge < -0.3 is 10.9 Å². The van der Waals surface area contributed by atoms with Crippen LogP contribution in [0.1, 0.15) is 32.6 Å². The van der Waals surface area contributed by atoms with E-state index in [0.29, 0.717) is 0 Å². The van der Waals surface area contributed by atoms with E-state index in [0.717, 1.165) is 6.54 Å². The molecule has 10 heavy (non-hydrogen) atoms. The van der Waals surface area contributed by atoms with Crippen LogP contribution in [-0.4, -0.2) is 11.8 Å². The second-order valence-corrected chi connectivity index (χ2v) is 1.93. The van der Waals surface area contributed by atoms with Gasteiger partial charge in [-0.15, -0.1) is 4.91 Å². The van der Waals surface area contributed by atoms with Crippen molar-refractivity contribution in [3.05, 3.63) is 4.91 Å². The van der Waals surface area contributed by atoms with Crippen LogP contribution in [0, 0.1) is 4.91 Å². The van der Waals surface area contributed by atoms with E-state index in [2.05, 4.69) is 6.92 Å². The molecule has 0 aliphatic rings. The van der Waals surface area contributed by atoms with Crippen molar-refractivity contribution in [1.82, 2.24) is 0 Å². The maximum absolute atomic E-state index is 8.11. The van der Waals surface area contributed by atoms with Gasteiger partial charge in [0.25, 0.3) is 0 Å². The SMILES string of the molecule is CCCCCCN.O=NO. The van der Waals surface area contributed by atoms with Crippen molar-refractivity contribution >= 4 is 0 Å². The summed E-state index contributed by atoms with van der Waals surface area (Å²) in [6.45, 7) is 3.07. The van der Waals surface area contributed by atoms with Crippen molar-refractivity contribution in [2.45, 2.75) is 32.6 Å². The van der Waals surface area contributed by atoms with Crippen molar-refractivity contribution in [3.8, 4) is 0 Å². The normalized spacial score (nSPS) is 7.80. The molecule has 0 fully saturated rings. The third kappa shape index (κ3) is 26.4. The molecule has 0 heterocycles. The lowest BCUT2D eigenvalue weighted by Gasteiger charge is -1.90. The van der Waals surface area contributed by atoms with Gasteiger partial charge in [0.05, 0.1) is 0 Å². The van der Waals surface area contributed by atoms with Gasteiger partial charge in [-0.25, -0.2) is 0 Å². The molecule has 3 N–H and O–H groups in total. The molecule has 0 aliphatic carbocycles. The largest absolute Gasteiger partial charge is 0.379 e. The summed E-state index contributed by atoms with van der Waals surface area (Å²) in [5.41, 5.74) is 5.27. The Hall–Kier alpha value is -0.640. The number of unbranched alkanes of at least 4 members (excludes halogenated alkanes) is 3. The molecule has 4 heteroatoms. The third-order valence-corrected chi connectivity index (χ3v) is 1.06. The standard InChI is InChI=1S/C6H15N.HNO2/c1-2-3-4-5-6-7;2-1-3/h2-7H2,1H3;(H,2,3). The zero-order valence-corrected chi connectivity index (χ0v) is 6.42. The highest BCUT2D eigenvalue weighted by atomic mass is 16.6. The molecule has 0 bridgehead atoms. The van der Waals surface area contributed by atoms with Crippen LogP contribution >= 0.6 is 0 Å². The van der Waals surface area contributed by atoms with Crippen LogP contribution in [0.25, 0.3) is 0 Å². The van der Waals surface area contributed by atoms with Crippen LogP contribution in [0.5, 0.6) is 0 Å². The van der Waals surface area contributed by atoms with Gasteiger partial charge in [-0.05, 0) is 13.0 Å². The Labute approximate surface area is 61.4 Å². The first-order valence-corrected chi connectivity index (χ1v) is 3.50. The lowest BCUT2D eigenvalue weighted by Crippen LogP contribution is -1.97. The van der Waals surface area contributed by atoms with E-state index in [-0.39, 0.29) is 0 Å². The summed E-state index contributed by atoms with van der Waals surface area (Å²) in [5, 5.41) is 7.89. The van der Waals surface area contributed by atoms with Gasteiger partial charge in [0, 0.05) is 0 Å². The Morgan fingerprint density at radius 1 is 1.40 bits per heavy atom. The Bertz CT molecular complexity index is 55.7. The predicted molar refractivity (Wildman–Crippen MR) is 40.8 cm³/mol. The molecular formula is C6H16N2O2. The number of nitrogens with two attached hydrogens (primary N) is 1. The van der Waals surface area contributed by atoms with E-state index in [1.54, 1.807) is 0 Å². The zero-order valence-electron chi connectivity index (χ0n) is 6.42. The van der Waals surface area contributed by atoms with Gasteiger partial charge in [0.15, 0.2) is 5.34 Å². The van der Waals surface area contributed by atoms with Crippen molar-refractivity contribution < 1.29 is 5.21 Å². The second-order valence-electron chi connectivity index (χ2n) is 1.93. The van der Waals surface area contributed by atoms with Gasteiger partial charge in [-0.3, -0.25) is 0 Å². The van der Waals surface area contributed by atoms with E-state index in [1.165, 1.54) is 31.0 Å². The van der Waals surface area contributed by atoms with Crippen LogP contribution < -0.4 is 5.73 Å². The summed E-state index contributed by atoms with van der Waals surface area (Å²) >= 11 is 0. The van der Waals surface area contributed by atoms with Crippen molar-refractivity contribution in [1.29, 1.82) is 0 Å². The van der Waals surface area contributed by atoms with Gasteiger partial charge in [-0.2, -0.15) is 0 Å². The first-order chi connectivity index (χ1) is 4.83. The molecule has 0 unspecified atom stereocenters. The van der Waals surface area contributed by atoms with Crippen LogP contribution in [0.3, 0.4) is 0 Å². The van der Waals surface area contributed by atoms with E-state index in [4.69, 9.17) is 15.8 Å². The minimum absolute atomic E-state index is 0.861. The highest BCUT2D eigenvalue weighted by molar-refractivity contribution is 4.38. The summed E-state index contributed by atoms with van der Waals surface area (Å²) in [4.78, 5) is 8.11. The van der Waals surface area contributed by atoms with E-state index in [1.807, 2.05) is 0 Å². The molecule has 0 aromatic heterocycles. The van der Waals surface area contributed by atoms with Crippen molar-refractivity contribution in [2.24, 2.45) is 11.1 Å². The second kappa shape index (κ2) is 15.8. The van der Waals surface area contributed by atoms with Crippen LogP contribution in [0.2, 0.25) is 0 Å². The molecule has 0 radical (unpaired) electrons. The summed E-state index contributed by atoms with van der Waals surface area (Å²) in [5.74, 6) is 0. The summed E-state index contributed by atoms with van der Waals surface area (Å²) in [6, 6.07) is 0.